The minimum atomic E-state index is -0.0336. The van der Waals surface area contributed by atoms with Crippen molar-refractivity contribution in [3.05, 3.63) is 16.0 Å². The monoisotopic (exact) mass is 377 g/mol. The van der Waals surface area contributed by atoms with Crippen LogP contribution >= 0.6 is 12.2 Å². The van der Waals surface area contributed by atoms with Crippen LogP contribution in [0, 0.1) is 6.92 Å². The zero-order chi connectivity index (χ0) is 19.0. The quantitative estimate of drug-likeness (QED) is 0.801. The lowest BCUT2D eigenvalue weighted by molar-refractivity contribution is 0.374. The van der Waals surface area contributed by atoms with Gasteiger partial charge in [0.15, 0.2) is 10.6 Å². The fourth-order valence-corrected chi connectivity index (χ4v) is 3.77. The van der Waals surface area contributed by atoms with Gasteiger partial charge in [-0.1, -0.05) is 0 Å². The molecule has 9 heteroatoms. The number of rotatable bonds is 3. The van der Waals surface area contributed by atoms with Gasteiger partial charge in [0.25, 0.3) is 5.56 Å². The van der Waals surface area contributed by atoms with Gasteiger partial charge >= 0.3 is 0 Å². The number of anilines is 1. The lowest BCUT2D eigenvalue weighted by Gasteiger charge is -2.37. The maximum absolute atomic E-state index is 13.1. The van der Waals surface area contributed by atoms with Gasteiger partial charge in [0.05, 0.1) is 5.69 Å². The first kappa shape index (κ1) is 18.6. The topological polar surface area (TPSA) is 71.2 Å². The Kier molecular flexibility index (Phi) is 5.17. The van der Waals surface area contributed by atoms with Gasteiger partial charge in [0.1, 0.15) is 5.52 Å². The van der Waals surface area contributed by atoms with E-state index in [0.29, 0.717) is 11.0 Å². The third kappa shape index (κ3) is 3.15. The Labute approximate surface area is 158 Å². The van der Waals surface area contributed by atoms with Crippen LogP contribution in [0.15, 0.2) is 4.79 Å². The maximum atomic E-state index is 13.1. The first-order valence-electron chi connectivity index (χ1n) is 9.08. The van der Waals surface area contributed by atoms with E-state index in [-0.39, 0.29) is 11.6 Å². The van der Waals surface area contributed by atoms with Crippen molar-refractivity contribution in [3.63, 3.8) is 0 Å². The molecule has 0 unspecified atom stereocenters. The highest BCUT2D eigenvalue weighted by Crippen LogP contribution is 2.21. The Morgan fingerprint density at radius 1 is 1.27 bits per heavy atom. The molecule has 1 fully saturated rings. The van der Waals surface area contributed by atoms with Crippen LogP contribution in [0.1, 0.15) is 32.5 Å². The van der Waals surface area contributed by atoms with E-state index >= 15 is 0 Å². The molecule has 0 saturated carbocycles. The summed E-state index contributed by atoms with van der Waals surface area (Å²) in [6.07, 6.45) is 0. The average molecular weight is 378 g/mol. The highest BCUT2D eigenvalue weighted by atomic mass is 32.1. The Bertz CT molecular complexity index is 877. The molecule has 0 bridgehead atoms. The molecule has 1 N–H and O–H groups in total. The van der Waals surface area contributed by atoms with Gasteiger partial charge in [0, 0.05) is 45.8 Å². The number of hydrogen-bond acceptors (Lipinski definition) is 5. The molecule has 0 amide bonds. The summed E-state index contributed by atoms with van der Waals surface area (Å²) in [5.41, 5.74) is 2.00. The van der Waals surface area contributed by atoms with E-state index < -0.39 is 0 Å². The number of nitrogens with zero attached hydrogens (tertiary/aromatic N) is 6. The van der Waals surface area contributed by atoms with Gasteiger partial charge in [-0.3, -0.25) is 14.0 Å². The number of hydrogen-bond donors (Lipinski definition) is 1. The SMILES string of the molecule is CCNC(=S)N1CCN(c2nc3c(C)nn(C)c3c(=O)n2C(C)C)CC1. The highest BCUT2D eigenvalue weighted by Gasteiger charge is 2.25. The second-order valence-electron chi connectivity index (χ2n) is 6.90. The lowest BCUT2D eigenvalue weighted by Crippen LogP contribution is -2.53. The molecule has 0 radical (unpaired) electrons. The largest absolute Gasteiger partial charge is 0.363 e. The second-order valence-corrected chi connectivity index (χ2v) is 7.28. The fraction of sp³-hybridized carbons (Fsp3) is 0.647. The number of aryl methyl sites for hydroxylation is 2. The molecule has 26 heavy (non-hydrogen) atoms. The summed E-state index contributed by atoms with van der Waals surface area (Å²) in [4.78, 5) is 22.3. The second kappa shape index (κ2) is 7.22. The van der Waals surface area contributed by atoms with Crippen LogP contribution in [0.4, 0.5) is 5.95 Å². The molecule has 142 valence electrons. The van der Waals surface area contributed by atoms with Crippen LogP contribution in [0.2, 0.25) is 0 Å². The van der Waals surface area contributed by atoms with Crippen molar-refractivity contribution in [1.82, 2.24) is 29.5 Å². The smallest absolute Gasteiger partial charge is 0.281 e. The summed E-state index contributed by atoms with van der Waals surface area (Å²) in [6.45, 7) is 11.9. The van der Waals surface area contributed by atoms with Gasteiger partial charge in [0.2, 0.25) is 5.95 Å². The van der Waals surface area contributed by atoms with Crippen LogP contribution in [-0.2, 0) is 7.05 Å². The molecule has 1 aliphatic rings. The first-order chi connectivity index (χ1) is 12.3. The molecule has 3 rings (SSSR count). The van der Waals surface area contributed by atoms with Crippen LogP contribution in [0.25, 0.3) is 11.0 Å². The molecular weight excluding hydrogens is 350 g/mol. The summed E-state index contributed by atoms with van der Waals surface area (Å²) >= 11 is 5.41. The standard InChI is InChI=1S/C17H27N7OS/c1-6-18-17(26)23-9-7-22(8-10-23)16-19-13-12(4)20-21(5)14(13)15(25)24(16)11(2)3/h11H,6-10H2,1-5H3,(H,18,26). The fourth-order valence-electron chi connectivity index (χ4n) is 3.44. The Balaban J connectivity index is 1.98. The van der Waals surface area contributed by atoms with Gasteiger partial charge in [-0.05, 0) is 39.9 Å². The van der Waals surface area contributed by atoms with Gasteiger partial charge in [-0.2, -0.15) is 5.10 Å². The molecule has 3 heterocycles. The van der Waals surface area contributed by atoms with Crippen molar-refractivity contribution in [3.8, 4) is 0 Å². The number of piperazine rings is 1. The predicted molar refractivity (Wildman–Crippen MR) is 108 cm³/mol. The number of nitrogens with one attached hydrogen (secondary N) is 1. The van der Waals surface area contributed by atoms with Crippen LogP contribution in [-0.4, -0.2) is 62.1 Å². The summed E-state index contributed by atoms with van der Waals surface area (Å²) < 4.78 is 3.41. The predicted octanol–water partition coefficient (Wildman–Crippen LogP) is 1.04. The summed E-state index contributed by atoms with van der Waals surface area (Å²) in [5.74, 6) is 0.725. The number of aromatic nitrogens is 4. The molecule has 0 aliphatic carbocycles. The van der Waals surface area contributed by atoms with E-state index in [1.54, 1.807) is 16.3 Å². The molecule has 1 saturated heterocycles. The molecule has 8 nitrogen and oxygen atoms in total. The zero-order valence-electron chi connectivity index (χ0n) is 16.1. The van der Waals surface area contributed by atoms with Crippen molar-refractivity contribution in [2.24, 2.45) is 7.05 Å². The summed E-state index contributed by atoms with van der Waals surface area (Å²) in [5, 5.41) is 8.37. The van der Waals surface area contributed by atoms with Crippen LogP contribution in [0.5, 0.6) is 0 Å². The van der Waals surface area contributed by atoms with Crippen molar-refractivity contribution in [1.29, 1.82) is 0 Å². The Morgan fingerprint density at radius 3 is 2.50 bits per heavy atom. The average Bonchev–Trinajstić information content (AvgIpc) is 2.89. The molecule has 0 spiro atoms. The van der Waals surface area contributed by atoms with E-state index in [1.165, 1.54) is 0 Å². The van der Waals surface area contributed by atoms with Gasteiger partial charge in [-0.15, -0.1) is 0 Å². The summed E-state index contributed by atoms with van der Waals surface area (Å²) in [6, 6.07) is 0.0190. The third-order valence-electron chi connectivity index (χ3n) is 4.73. The molecule has 1 aliphatic heterocycles. The molecule has 0 aromatic carbocycles. The molecule has 2 aromatic heterocycles. The number of thiocarbonyl (C=S) groups is 1. The van der Waals surface area contributed by atoms with Crippen LogP contribution in [0.3, 0.4) is 0 Å². The Hall–Kier alpha value is -2.16. The van der Waals surface area contributed by atoms with E-state index in [4.69, 9.17) is 17.2 Å². The minimum absolute atomic E-state index is 0.0190. The first-order valence-corrected chi connectivity index (χ1v) is 9.49. The van der Waals surface area contributed by atoms with E-state index in [9.17, 15) is 4.79 Å². The lowest BCUT2D eigenvalue weighted by atomic mass is 10.3. The van der Waals surface area contributed by atoms with Crippen LogP contribution < -0.4 is 15.8 Å². The van der Waals surface area contributed by atoms with E-state index in [2.05, 4.69) is 20.2 Å². The van der Waals surface area contributed by atoms with E-state index in [1.807, 2.05) is 27.7 Å². The van der Waals surface area contributed by atoms with Crippen molar-refractivity contribution >= 4 is 34.3 Å². The molecular formula is C17H27N7OS. The maximum Gasteiger partial charge on any atom is 0.281 e. The molecule has 0 atom stereocenters. The number of fused-ring (bicyclic) bond motifs is 1. The van der Waals surface area contributed by atoms with E-state index in [0.717, 1.165) is 49.5 Å². The highest BCUT2D eigenvalue weighted by molar-refractivity contribution is 7.80. The zero-order valence-corrected chi connectivity index (χ0v) is 16.9. The van der Waals surface area contributed by atoms with Gasteiger partial charge in [-0.25, -0.2) is 4.98 Å². The van der Waals surface area contributed by atoms with Gasteiger partial charge < -0.3 is 15.1 Å². The normalized spacial score (nSPS) is 15.2. The summed E-state index contributed by atoms with van der Waals surface area (Å²) in [7, 11) is 1.79. The van der Waals surface area contributed by atoms with Crippen molar-refractivity contribution in [2.75, 3.05) is 37.6 Å². The third-order valence-corrected chi connectivity index (χ3v) is 5.14. The van der Waals surface area contributed by atoms with Crippen molar-refractivity contribution < 1.29 is 0 Å². The minimum Gasteiger partial charge on any atom is -0.363 e. The Morgan fingerprint density at radius 2 is 1.92 bits per heavy atom. The van der Waals surface area contributed by atoms with Crippen molar-refractivity contribution in [2.45, 2.75) is 33.7 Å². The molecule has 2 aromatic rings.